The third kappa shape index (κ3) is 3.27. The molecular weight excluding hydrogens is 327 g/mol. The van der Waals surface area contributed by atoms with Gasteiger partial charge < -0.3 is 16.2 Å². The van der Waals surface area contributed by atoms with Gasteiger partial charge in [-0.25, -0.2) is 9.18 Å². The number of anilines is 2. The number of hydrogen-bond donors (Lipinski definition) is 2. The van der Waals surface area contributed by atoms with E-state index >= 15 is 0 Å². The van der Waals surface area contributed by atoms with Crippen molar-refractivity contribution in [1.82, 2.24) is 0 Å². The number of halogens is 2. The number of nitrogen functional groups attached to an aromatic ring is 2. The van der Waals surface area contributed by atoms with E-state index in [1.165, 1.54) is 18.2 Å². The molecule has 0 bridgehead atoms. The van der Waals surface area contributed by atoms with Gasteiger partial charge in [0.25, 0.3) is 0 Å². The second kappa shape index (κ2) is 5.92. The Morgan fingerprint density at radius 1 is 1.20 bits per heavy atom. The lowest BCUT2D eigenvalue weighted by molar-refractivity contribution is 0.0470. The molecule has 0 aromatic heterocycles. The standard InChI is InChI=1S/C14H12BrFN2O2/c15-9-1-4-12(16)8(5-9)7-20-14(19)11-3-2-10(17)6-13(11)18/h1-6H,7,17-18H2. The molecule has 0 saturated heterocycles. The van der Waals surface area contributed by atoms with Gasteiger partial charge in [-0.3, -0.25) is 0 Å². The Morgan fingerprint density at radius 3 is 2.65 bits per heavy atom. The normalized spacial score (nSPS) is 10.3. The van der Waals surface area contributed by atoms with E-state index in [9.17, 15) is 9.18 Å². The van der Waals surface area contributed by atoms with Gasteiger partial charge in [-0.05, 0) is 36.4 Å². The molecule has 0 amide bonds. The van der Waals surface area contributed by atoms with Crippen molar-refractivity contribution in [3.05, 3.63) is 57.8 Å². The smallest absolute Gasteiger partial charge is 0.340 e. The number of carbonyl (C=O) groups is 1. The van der Waals surface area contributed by atoms with Crippen LogP contribution in [0.4, 0.5) is 15.8 Å². The topological polar surface area (TPSA) is 78.3 Å². The van der Waals surface area contributed by atoms with Crippen LogP contribution in [0.1, 0.15) is 15.9 Å². The summed E-state index contributed by atoms with van der Waals surface area (Å²) in [6.45, 7) is -0.173. The minimum absolute atomic E-state index is 0.173. The van der Waals surface area contributed by atoms with E-state index in [0.717, 1.165) is 0 Å². The van der Waals surface area contributed by atoms with E-state index in [2.05, 4.69) is 15.9 Å². The second-order valence-corrected chi connectivity index (χ2v) is 5.07. The zero-order chi connectivity index (χ0) is 14.7. The molecule has 104 valence electrons. The van der Waals surface area contributed by atoms with Gasteiger partial charge >= 0.3 is 5.97 Å². The van der Waals surface area contributed by atoms with Crippen LogP contribution < -0.4 is 11.5 Å². The van der Waals surface area contributed by atoms with Crippen LogP contribution in [0.15, 0.2) is 40.9 Å². The van der Waals surface area contributed by atoms with Crippen LogP contribution in [-0.2, 0) is 11.3 Å². The predicted molar refractivity (Wildman–Crippen MR) is 78.5 cm³/mol. The lowest BCUT2D eigenvalue weighted by Crippen LogP contribution is -2.09. The molecule has 20 heavy (non-hydrogen) atoms. The molecule has 4 nitrogen and oxygen atoms in total. The number of rotatable bonds is 3. The van der Waals surface area contributed by atoms with E-state index in [1.54, 1.807) is 18.2 Å². The van der Waals surface area contributed by atoms with Crippen LogP contribution in [0.2, 0.25) is 0 Å². The summed E-state index contributed by atoms with van der Waals surface area (Å²) < 4.78 is 19.3. The molecule has 0 atom stereocenters. The molecule has 4 N–H and O–H groups in total. The van der Waals surface area contributed by atoms with Gasteiger partial charge in [0, 0.05) is 21.4 Å². The summed E-state index contributed by atoms with van der Waals surface area (Å²) in [4.78, 5) is 11.9. The fourth-order valence-corrected chi connectivity index (χ4v) is 2.05. The zero-order valence-corrected chi connectivity index (χ0v) is 12.0. The van der Waals surface area contributed by atoms with Gasteiger partial charge in [-0.2, -0.15) is 0 Å². The summed E-state index contributed by atoms with van der Waals surface area (Å²) >= 11 is 3.23. The van der Waals surface area contributed by atoms with Gasteiger partial charge in [0.15, 0.2) is 0 Å². The molecule has 0 spiro atoms. The predicted octanol–water partition coefficient (Wildman–Crippen LogP) is 3.11. The molecule has 0 heterocycles. The van der Waals surface area contributed by atoms with Crippen molar-refractivity contribution < 1.29 is 13.9 Å². The number of hydrogen-bond acceptors (Lipinski definition) is 4. The quantitative estimate of drug-likeness (QED) is 0.665. The van der Waals surface area contributed by atoms with Crippen molar-refractivity contribution in [2.45, 2.75) is 6.61 Å². The number of carbonyl (C=O) groups excluding carboxylic acids is 1. The fourth-order valence-electron chi connectivity index (χ4n) is 1.64. The minimum atomic E-state index is -0.623. The van der Waals surface area contributed by atoms with Crippen LogP contribution in [-0.4, -0.2) is 5.97 Å². The van der Waals surface area contributed by atoms with Crippen LogP contribution >= 0.6 is 15.9 Å². The molecule has 0 saturated carbocycles. The Labute approximate surface area is 123 Å². The Balaban J connectivity index is 2.10. The Bertz CT molecular complexity index is 662. The zero-order valence-electron chi connectivity index (χ0n) is 10.4. The second-order valence-electron chi connectivity index (χ2n) is 4.16. The molecular formula is C14H12BrFN2O2. The van der Waals surface area contributed by atoms with Gasteiger partial charge in [0.2, 0.25) is 0 Å². The van der Waals surface area contributed by atoms with Crippen LogP contribution in [0, 0.1) is 5.82 Å². The largest absolute Gasteiger partial charge is 0.457 e. The first kappa shape index (κ1) is 14.3. The molecule has 6 heteroatoms. The first-order valence-electron chi connectivity index (χ1n) is 5.73. The first-order chi connectivity index (χ1) is 9.47. The summed E-state index contributed by atoms with van der Waals surface area (Å²) in [5.74, 6) is -1.06. The lowest BCUT2D eigenvalue weighted by Gasteiger charge is -2.08. The van der Waals surface area contributed by atoms with Crippen LogP contribution in [0.5, 0.6) is 0 Å². The SMILES string of the molecule is Nc1ccc(C(=O)OCc2cc(Br)ccc2F)c(N)c1. The van der Waals surface area contributed by atoms with E-state index < -0.39 is 11.8 Å². The third-order valence-corrected chi connectivity index (χ3v) is 3.16. The summed E-state index contributed by atoms with van der Waals surface area (Å²) in [7, 11) is 0. The number of benzene rings is 2. The summed E-state index contributed by atoms with van der Waals surface area (Å²) in [5, 5.41) is 0. The van der Waals surface area contributed by atoms with Crippen molar-refractivity contribution in [2.24, 2.45) is 0 Å². The average Bonchev–Trinajstić information content (AvgIpc) is 2.39. The van der Waals surface area contributed by atoms with Crippen molar-refractivity contribution in [3.8, 4) is 0 Å². The number of ether oxygens (including phenoxy) is 1. The fraction of sp³-hybridized carbons (Fsp3) is 0.0714. The molecule has 2 aromatic rings. The van der Waals surface area contributed by atoms with E-state index in [4.69, 9.17) is 16.2 Å². The summed E-state index contributed by atoms with van der Waals surface area (Å²) in [6.07, 6.45) is 0. The van der Waals surface area contributed by atoms with Gasteiger partial charge in [0.1, 0.15) is 12.4 Å². The monoisotopic (exact) mass is 338 g/mol. The number of esters is 1. The van der Waals surface area contributed by atoms with Crippen molar-refractivity contribution in [1.29, 1.82) is 0 Å². The van der Waals surface area contributed by atoms with Gasteiger partial charge in [-0.15, -0.1) is 0 Å². The van der Waals surface area contributed by atoms with E-state index in [0.29, 0.717) is 10.2 Å². The first-order valence-corrected chi connectivity index (χ1v) is 6.52. The van der Waals surface area contributed by atoms with Gasteiger partial charge in [-0.1, -0.05) is 15.9 Å². The average molecular weight is 339 g/mol. The maximum Gasteiger partial charge on any atom is 0.340 e. The maximum absolute atomic E-state index is 13.5. The molecule has 0 unspecified atom stereocenters. The summed E-state index contributed by atoms with van der Waals surface area (Å²) in [5.41, 5.74) is 12.4. The maximum atomic E-state index is 13.5. The number of nitrogens with two attached hydrogens (primary N) is 2. The molecule has 0 aliphatic rings. The van der Waals surface area contributed by atoms with Crippen molar-refractivity contribution >= 4 is 33.3 Å². The van der Waals surface area contributed by atoms with Crippen LogP contribution in [0.25, 0.3) is 0 Å². The highest BCUT2D eigenvalue weighted by Gasteiger charge is 2.13. The Morgan fingerprint density at radius 2 is 1.95 bits per heavy atom. The Kier molecular flexibility index (Phi) is 4.24. The van der Waals surface area contributed by atoms with Crippen molar-refractivity contribution in [3.63, 3.8) is 0 Å². The highest BCUT2D eigenvalue weighted by Crippen LogP contribution is 2.19. The van der Waals surface area contributed by atoms with E-state index in [1.807, 2.05) is 0 Å². The van der Waals surface area contributed by atoms with Gasteiger partial charge in [0.05, 0.1) is 5.56 Å². The molecule has 0 aliphatic heterocycles. The Hall–Kier alpha value is -2.08. The third-order valence-electron chi connectivity index (χ3n) is 2.66. The van der Waals surface area contributed by atoms with E-state index in [-0.39, 0.29) is 23.4 Å². The van der Waals surface area contributed by atoms with Crippen LogP contribution in [0.3, 0.4) is 0 Å². The molecule has 2 aromatic carbocycles. The highest BCUT2D eigenvalue weighted by atomic mass is 79.9. The summed E-state index contributed by atoms with van der Waals surface area (Å²) in [6, 6.07) is 8.91. The molecule has 0 aliphatic carbocycles. The molecule has 0 radical (unpaired) electrons. The minimum Gasteiger partial charge on any atom is -0.457 e. The molecule has 0 fully saturated rings. The lowest BCUT2D eigenvalue weighted by atomic mass is 10.1. The highest BCUT2D eigenvalue weighted by molar-refractivity contribution is 9.10. The molecule has 2 rings (SSSR count). The van der Waals surface area contributed by atoms with Crippen molar-refractivity contribution in [2.75, 3.05) is 11.5 Å².